The van der Waals surface area contributed by atoms with Gasteiger partial charge >= 0.3 is 0 Å². The van der Waals surface area contributed by atoms with E-state index >= 15 is 0 Å². The predicted octanol–water partition coefficient (Wildman–Crippen LogP) is 4.05. The van der Waals surface area contributed by atoms with Gasteiger partial charge in [0.05, 0.1) is 0 Å². The van der Waals surface area contributed by atoms with Gasteiger partial charge < -0.3 is 5.73 Å². The van der Waals surface area contributed by atoms with Gasteiger partial charge in [0.15, 0.2) is 0 Å². The minimum absolute atomic E-state index is 0.111. The van der Waals surface area contributed by atoms with Gasteiger partial charge in [0.2, 0.25) is 0 Å². The van der Waals surface area contributed by atoms with E-state index in [2.05, 4.69) is 0 Å². The van der Waals surface area contributed by atoms with Crippen molar-refractivity contribution in [2.45, 2.75) is 51.0 Å². The SMILES string of the molecule is Cc1ccc(C(F)F)c(C2(N)CCCCC2)c1. The fourth-order valence-corrected chi connectivity index (χ4v) is 2.74. The lowest BCUT2D eigenvalue weighted by molar-refractivity contribution is 0.146. The molecule has 1 saturated carbocycles. The fourth-order valence-electron chi connectivity index (χ4n) is 2.74. The van der Waals surface area contributed by atoms with E-state index in [1.165, 1.54) is 6.07 Å². The van der Waals surface area contributed by atoms with Crippen LogP contribution in [0.15, 0.2) is 18.2 Å². The first-order valence-electron chi connectivity index (χ1n) is 6.21. The molecule has 0 heterocycles. The summed E-state index contributed by atoms with van der Waals surface area (Å²) in [5, 5.41) is 0. The number of hydrogen-bond donors (Lipinski definition) is 1. The lowest BCUT2D eigenvalue weighted by Gasteiger charge is -2.35. The summed E-state index contributed by atoms with van der Waals surface area (Å²) in [6, 6.07) is 5.10. The molecule has 0 aromatic heterocycles. The van der Waals surface area contributed by atoms with Gasteiger partial charge in [0.1, 0.15) is 0 Å². The van der Waals surface area contributed by atoms with Crippen molar-refractivity contribution in [2.24, 2.45) is 5.73 Å². The Labute approximate surface area is 101 Å². The zero-order valence-electron chi connectivity index (χ0n) is 10.2. The summed E-state index contributed by atoms with van der Waals surface area (Å²) in [5.41, 5.74) is 7.58. The first kappa shape index (κ1) is 12.5. The molecule has 0 bridgehead atoms. The van der Waals surface area contributed by atoms with Crippen LogP contribution in [-0.4, -0.2) is 0 Å². The van der Waals surface area contributed by atoms with Crippen molar-refractivity contribution >= 4 is 0 Å². The van der Waals surface area contributed by atoms with E-state index in [-0.39, 0.29) is 5.56 Å². The summed E-state index contributed by atoms with van der Waals surface area (Å²) in [6.07, 6.45) is 2.43. The molecule has 94 valence electrons. The molecule has 0 unspecified atom stereocenters. The Kier molecular flexibility index (Phi) is 3.48. The van der Waals surface area contributed by atoms with Crippen LogP contribution in [0, 0.1) is 6.92 Å². The average Bonchev–Trinajstić information content (AvgIpc) is 2.29. The van der Waals surface area contributed by atoms with Crippen molar-refractivity contribution in [3.63, 3.8) is 0 Å². The van der Waals surface area contributed by atoms with Crippen molar-refractivity contribution in [3.8, 4) is 0 Å². The van der Waals surface area contributed by atoms with Gasteiger partial charge in [0.25, 0.3) is 6.43 Å². The summed E-state index contributed by atoms with van der Waals surface area (Å²) in [4.78, 5) is 0. The summed E-state index contributed by atoms with van der Waals surface area (Å²) in [5.74, 6) is 0. The molecule has 1 fully saturated rings. The molecule has 0 atom stereocenters. The van der Waals surface area contributed by atoms with Crippen LogP contribution in [0.2, 0.25) is 0 Å². The van der Waals surface area contributed by atoms with E-state index in [1.54, 1.807) is 6.07 Å². The van der Waals surface area contributed by atoms with E-state index < -0.39 is 12.0 Å². The standard InChI is InChI=1S/C14H19F2N/c1-10-5-6-11(13(15)16)12(9-10)14(17)7-3-2-4-8-14/h5-6,9,13H,2-4,7-8,17H2,1H3. The molecule has 2 rings (SSSR count). The number of nitrogens with two attached hydrogens (primary N) is 1. The predicted molar refractivity (Wildman–Crippen MR) is 65.1 cm³/mol. The zero-order chi connectivity index (χ0) is 12.5. The molecule has 0 spiro atoms. The maximum absolute atomic E-state index is 13.0. The Hall–Kier alpha value is -0.960. The third-order valence-corrected chi connectivity index (χ3v) is 3.73. The monoisotopic (exact) mass is 239 g/mol. The summed E-state index contributed by atoms with van der Waals surface area (Å²) < 4.78 is 26.1. The molecule has 3 heteroatoms. The van der Waals surface area contributed by atoms with E-state index in [0.29, 0.717) is 5.56 Å². The van der Waals surface area contributed by atoms with Crippen molar-refractivity contribution in [3.05, 3.63) is 34.9 Å². The molecule has 1 aliphatic rings. The second-order valence-electron chi connectivity index (χ2n) is 5.11. The largest absolute Gasteiger partial charge is 0.321 e. The van der Waals surface area contributed by atoms with Gasteiger partial charge in [-0.05, 0) is 25.3 Å². The summed E-state index contributed by atoms with van der Waals surface area (Å²) in [6.45, 7) is 1.92. The first-order chi connectivity index (χ1) is 8.03. The number of aryl methyl sites for hydroxylation is 1. The number of hydrogen-bond acceptors (Lipinski definition) is 1. The smallest absolute Gasteiger partial charge is 0.264 e. The molecular weight excluding hydrogens is 220 g/mol. The number of halogens is 2. The molecule has 2 N–H and O–H groups in total. The molecular formula is C14H19F2N. The second kappa shape index (κ2) is 4.73. The Morgan fingerprint density at radius 1 is 1.18 bits per heavy atom. The second-order valence-corrected chi connectivity index (χ2v) is 5.11. The molecule has 0 radical (unpaired) electrons. The van der Waals surface area contributed by atoms with Gasteiger partial charge in [-0.25, -0.2) is 8.78 Å². The number of benzene rings is 1. The highest BCUT2D eigenvalue weighted by Crippen LogP contribution is 2.39. The minimum Gasteiger partial charge on any atom is -0.321 e. The maximum Gasteiger partial charge on any atom is 0.264 e. The molecule has 0 saturated heterocycles. The number of rotatable bonds is 2. The van der Waals surface area contributed by atoms with Crippen LogP contribution in [0.5, 0.6) is 0 Å². The molecule has 17 heavy (non-hydrogen) atoms. The Morgan fingerprint density at radius 3 is 2.41 bits per heavy atom. The quantitative estimate of drug-likeness (QED) is 0.827. The van der Waals surface area contributed by atoms with Crippen LogP contribution in [-0.2, 0) is 5.54 Å². The highest BCUT2D eigenvalue weighted by molar-refractivity contribution is 5.38. The topological polar surface area (TPSA) is 26.0 Å². The molecule has 1 aromatic carbocycles. The number of alkyl halides is 2. The van der Waals surface area contributed by atoms with Crippen LogP contribution in [0.1, 0.15) is 55.2 Å². The third-order valence-electron chi connectivity index (χ3n) is 3.73. The van der Waals surface area contributed by atoms with Gasteiger partial charge in [-0.3, -0.25) is 0 Å². The van der Waals surface area contributed by atoms with Gasteiger partial charge in [0, 0.05) is 11.1 Å². The zero-order valence-corrected chi connectivity index (χ0v) is 10.2. The lowest BCUT2D eigenvalue weighted by Crippen LogP contribution is -2.39. The van der Waals surface area contributed by atoms with Gasteiger partial charge in [-0.1, -0.05) is 43.0 Å². The highest BCUT2D eigenvalue weighted by atomic mass is 19.3. The highest BCUT2D eigenvalue weighted by Gasteiger charge is 2.33. The Morgan fingerprint density at radius 2 is 1.82 bits per heavy atom. The van der Waals surface area contributed by atoms with Crippen molar-refractivity contribution in [1.29, 1.82) is 0 Å². The summed E-state index contributed by atoms with van der Waals surface area (Å²) in [7, 11) is 0. The molecule has 0 aliphatic heterocycles. The molecule has 1 aromatic rings. The van der Waals surface area contributed by atoms with Crippen LogP contribution in [0.3, 0.4) is 0 Å². The molecule has 1 aliphatic carbocycles. The molecule has 1 nitrogen and oxygen atoms in total. The van der Waals surface area contributed by atoms with E-state index in [0.717, 1.165) is 37.7 Å². The normalized spacial score (nSPS) is 19.6. The van der Waals surface area contributed by atoms with E-state index in [1.807, 2.05) is 13.0 Å². The summed E-state index contributed by atoms with van der Waals surface area (Å²) >= 11 is 0. The van der Waals surface area contributed by atoms with E-state index in [4.69, 9.17) is 5.73 Å². The van der Waals surface area contributed by atoms with Gasteiger partial charge in [-0.15, -0.1) is 0 Å². The third kappa shape index (κ3) is 2.49. The fraction of sp³-hybridized carbons (Fsp3) is 0.571. The lowest BCUT2D eigenvalue weighted by atomic mass is 9.75. The van der Waals surface area contributed by atoms with Crippen LogP contribution >= 0.6 is 0 Å². The van der Waals surface area contributed by atoms with Crippen molar-refractivity contribution in [1.82, 2.24) is 0 Å². The van der Waals surface area contributed by atoms with Crippen molar-refractivity contribution < 1.29 is 8.78 Å². The van der Waals surface area contributed by atoms with Crippen LogP contribution in [0.25, 0.3) is 0 Å². The first-order valence-corrected chi connectivity index (χ1v) is 6.21. The van der Waals surface area contributed by atoms with Gasteiger partial charge in [-0.2, -0.15) is 0 Å². The van der Waals surface area contributed by atoms with E-state index in [9.17, 15) is 8.78 Å². The maximum atomic E-state index is 13.0. The Balaban J connectivity index is 2.44. The van der Waals surface area contributed by atoms with Crippen LogP contribution in [0.4, 0.5) is 8.78 Å². The molecule has 0 amide bonds. The minimum atomic E-state index is -2.44. The Bertz CT molecular complexity index is 395. The van der Waals surface area contributed by atoms with Crippen molar-refractivity contribution in [2.75, 3.05) is 0 Å². The van der Waals surface area contributed by atoms with Crippen LogP contribution < -0.4 is 5.73 Å². The average molecular weight is 239 g/mol.